The Morgan fingerprint density at radius 3 is 2.18 bits per heavy atom. The number of nitrogens with one attached hydrogen (secondary N) is 1. The van der Waals surface area contributed by atoms with Crippen LogP contribution in [0.15, 0.2) is 54.6 Å². The second-order valence-corrected chi connectivity index (χ2v) is 4.68. The van der Waals surface area contributed by atoms with Crippen molar-refractivity contribution in [2.45, 2.75) is 0 Å². The van der Waals surface area contributed by atoms with E-state index >= 15 is 0 Å². The molecule has 2 aromatic rings. The maximum Gasteiger partial charge on any atom is 0.357 e. The van der Waals surface area contributed by atoms with Crippen molar-refractivity contribution in [2.75, 3.05) is 4.72 Å². The Balaban J connectivity index is 2.36. The van der Waals surface area contributed by atoms with Gasteiger partial charge in [0.05, 0.1) is 5.69 Å². The molecule has 2 rings (SSSR count). The first-order valence-corrected chi connectivity index (χ1v) is 6.39. The van der Waals surface area contributed by atoms with Crippen molar-refractivity contribution in [1.82, 2.24) is 0 Å². The predicted molar refractivity (Wildman–Crippen MR) is 67.0 cm³/mol. The van der Waals surface area contributed by atoms with E-state index in [0.717, 1.165) is 11.1 Å². The summed E-state index contributed by atoms with van der Waals surface area (Å²) in [5.41, 5.74) is 2.18. The fraction of sp³-hybridized carbons (Fsp3) is 0. The standard InChI is InChI=1S/C12H11NO3S/c14-17(15,16)13-12-8-4-7-11(9-12)10-5-2-1-3-6-10/h1-9,13H,(H,14,15,16). The zero-order valence-electron chi connectivity index (χ0n) is 8.87. The number of anilines is 1. The van der Waals surface area contributed by atoms with Crippen LogP contribution >= 0.6 is 0 Å². The molecule has 0 saturated heterocycles. The topological polar surface area (TPSA) is 66.4 Å². The molecular weight excluding hydrogens is 238 g/mol. The third-order valence-electron chi connectivity index (χ3n) is 2.22. The van der Waals surface area contributed by atoms with Crippen molar-refractivity contribution in [3.8, 4) is 11.1 Å². The average molecular weight is 249 g/mol. The minimum atomic E-state index is -4.23. The molecule has 0 saturated carbocycles. The number of hydrogen-bond donors (Lipinski definition) is 2. The van der Waals surface area contributed by atoms with E-state index in [1.165, 1.54) is 0 Å². The summed E-state index contributed by atoms with van der Waals surface area (Å²) in [7, 11) is -4.23. The quantitative estimate of drug-likeness (QED) is 0.821. The van der Waals surface area contributed by atoms with Gasteiger partial charge in [0.1, 0.15) is 0 Å². The molecule has 5 heteroatoms. The van der Waals surface area contributed by atoms with E-state index in [1.807, 2.05) is 41.1 Å². The molecule has 0 atom stereocenters. The van der Waals surface area contributed by atoms with Crippen molar-refractivity contribution < 1.29 is 13.0 Å². The molecule has 0 aromatic heterocycles. The molecule has 0 spiro atoms. The summed E-state index contributed by atoms with van der Waals surface area (Å²) in [4.78, 5) is 0. The first-order chi connectivity index (χ1) is 8.04. The van der Waals surface area contributed by atoms with Crippen LogP contribution in [-0.4, -0.2) is 13.0 Å². The van der Waals surface area contributed by atoms with Crippen molar-refractivity contribution >= 4 is 16.0 Å². The lowest BCUT2D eigenvalue weighted by Gasteiger charge is -2.05. The molecule has 0 aliphatic rings. The highest BCUT2D eigenvalue weighted by Gasteiger charge is 2.04. The van der Waals surface area contributed by atoms with Gasteiger partial charge >= 0.3 is 10.3 Å². The van der Waals surface area contributed by atoms with Gasteiger partial charge in [-0.15, -0.1) is 0 Å². The summed E-state index contributed by atoms with van der Waals surface area (Å²) in [6.45, 7) is 0. The van der Waals surface area contributed by atoms with Crippen LogP contribution in [0.1, 0.15) is 0 Å². The van der Waals surface area contributed by atoms with E-state index in [9.17, 15) is 8.42 Å². The van der Waals surface area contributed by atoms with E-state index < -0.39 is 10.3 Å². The minimum Gasteiger partial charge on any atom is -0.269 e. The highest BCUT2D eigenvalue weighted by molar-refractivity contribution is 7.87. The molecule has 0 heterocycles. The fourth-order valence-corrected chi connectivity index (χ4v) is 1.97. The lowest BCUT2D eigenvalue weighted by Crippen LogP contribution is -2.10. The Kier molecular flexibility index (Phi) is 3.12. The summed E-state index contributed by atoms with van der Waals surface area (Å²) in [5.74, 6) is 0. The zero-order chi connectivity index (χ0) is 12.3. The minimum absolute atomic E-state index is 0.328. The third-order valence-corrected chi connectivity index (χ3v) is 2.71. The van der Waals surface area contributed by atoms with Crippen LogP contribution in [0.2, 0.25) is 0 Å². The lowest BCUT2D eigenvalue weighted by molar-refractivity contribution is 0.490. The maximum absolute atomic E-state index is 10.7. The van der Waals surface area contributed by atoms with E-state index in [-0.39, 0.29) is 0 Å². The smallest absolute Gasteiger partial charge is 0.269 e. The van der Waals surface area contributed by atoms with Crippen LogP contribution in [0, 0.1) is 0 Å². The van der Waals surface area contributed by atoms with E-state index in [4.69, 9.17) is 4.55 Å². The third kappa shape index (κ3) is 3.30. The molecule has 0 bridgehead atoms. The Bertz CT molecular complexity index is 609. The van der Waals surface area contributed by atoms with E-state index in [0.29, 0.717) is 5.69 Å². The number of hydrogen-bond acceptors (Lipinski definition) is 2. The summed E-state index contributed by atoms with van der Waals surface area (Å²) >= 11 is 0. The molecule has 0 fully saturated rings. The van der Waals surface area contributed by atoms with Crippen LogP contribution in [0.3, 0.4) is 0 Å². The molecule has 0 unspecified atom stereocenters. The second-order valence-electron chi connectivity index (χ2n) is 3.52. The normalized spacial score (nSPS) is 11.1. The molecule has 88 valence electrons. The molecule has 0 aliphatic heterocycles. The van der Waals surface area contributed by atoms with Gasteiger partial charge in [0, 0.05) is 0 Å². The number of benzene rings is 2. The predicted octanol–water partition coefficient (Wildman–Crippen LogP) is 2.57. The van der Waals surface area contributed by atoms with Gasteiger partial charge < -0.3 is 0 Å². The lowest BCUT2D eigenvalue weighted by atomic mass is 10.1. The SMILES string of the molecule is O=S(=O)(O)Nc1cccc(-c2ccccc2)c1. The first kappa shape index (κ1) is 11.6. The molecule has 4 nitrogen and oxygen atoms in total. The van der Waals surface area contributed by atoms with Crippen molar-refractivity contribution in [1.29, 1.82) is 0 Å². The molecule has 2 N–H and O–H groups in total. The van der Waals surface area contributed by atoms with Crippen LogP contribution in [0.4, 0.5) is 5.69 Å². The van der Waals surface area contributed by atoms with Gasteiger partial charge in [-0.25, -0.2) is 0 Å². The fourth-order valence-electron chi connectivity index (χ4n) is 1.54. The Hall–Kier alpha value is -1.85. The molecule has 17 heavy (non-hydrogen) atoms. The summed E-state index contributed by atoms with van der Waals surface area (Å²) in [6, 6.07) is 16.4. The van der Waals surface area contributed by atoms with E-state index in [2.05, 4.69) is 0 Å². The Labute approximate surface area is 99.8 Å². The van der Waals surface area contributed by atoms with E-state index in [1.54, 1.807) is 18.2 Å². The van der Waals surface area contributed by atoms with Gasteiger partial charge in [-0.3, -0.25) is 9.27 Å². The zero-order valence-corrected chi connectivity index (χ0v) is 9.68. The molecule has 0 aliphatic carbocycles. The van der Waals surface area contributed by atoms with Gasteiger partial charge in [-0.1, -0.05) is 42.5 Å². The second kappa shape index (κ2) is 4.57. The maximum atomic E-state index is 10.7. The molecule has 0 radical (unpaired) electrons. The Morgan fingerprint density at radius 1 is 0.882 bits per heavy atom. The number of rotatable bonds is 3. The van der Waals surface area contributed by atoms with Gasteiger partial charge in [-0.2, -0.15) is 8.42 Å². The molecule has 2 aromatic carbocycles. The highest BCUT2D eigenvalue weighted by Crippen LogP contribution is 2.22. The van der Waals surface area contributed by atoms with Crippen LogP contribution in [-0.2, 0) is 10.3 Å². The van der Waals surface area contributed by atoms with Crippen molar-refractivity contribution in [2.24, 2.45) is 0 Å². The Morgan fingerprint density at radius 2 is 1.53 bits per heavy atom. The summed E-state index contributed by atoms with van der Waals surface area (Å²) in [5, 5.41) is 0. The largest absolute Gasteiger partial charge is 0.357 e. The summed E-state index contributed by atoms with van der Waals surface area (Å²) in [6.07, 6.45) is 0. The molecular formula is C12H11NO3S. The average Bonchev–Trinajstić information content (AvgIpc) is 2.28. The highest BCUT2D eigenvalue weighted by atomic mass is 32.2. The summed E-state index contributed by atoms with van der Waals surface area (Å²) < 4.78 is 32.1. The van der Waals surface area contributed by atoms with Gasteiger partial charge in [0.25, 0.3) is 0 Å². The first-order valence-electron chi connectivity index (χ1n) is 4.95. The van der Waals surface area contributed by atoms with Gasteiger partial charge in [-0.05, 0) is 23.3 Å². The monoisotopic (exact) mass is 249 g/mol. The van der Waals surface area contributed by atoms with Crippen molar-refractivity contribution in [3.05, 3.63) is 54.6 Å². The van der Waals surface area contributed by atoms with Crippen molar-refractivity contribution in [3.63, 3.8) is 0 Å². The van der Waals surface area contributed by atoms with Crippen LogP contribution in [0.25, 0.3) is 11.1 Å². The molecule has 0 amide bonds. The van der Waals surface area contributed by atoms with Gasteiger partial charge in [0.15, 0.2) is 0 Å². The van der Waals surface area contributed by atoms with Crippen LogP contribution in [0.5, 0.6) is 0 Å². The van der Waals surface area contributed by atoms with Gasteiger partial charge in [0.2, 0.25) is 0 Å². The van der Waals surface area contributed by atoms with Crippen LogP contribution < -0.4 is 4.72 Å².